The standard InChI is InChI=1S/C28H38N2O4S/c1-20(17-31)18-35-19-21-5-7-24(29-16-21)22-6-8-25-23(15-22)9-10-28(33-25)11-13-30(14-12-28)26(32)34-27(2,3)4/h5-8,15-16,20,31H,9-14,17-19H2,1-4H3/t20-/m0/s1. The minimum absolute atomic E-state index is 0.196. The number of benzene rings is 1. The molecule has 0 aliphatic carbocycles. The zero-order chi connectivity index (χ0) is 25.1. The number of ether oxygens (including phenoxy) is 2. The Morgan fingerprint density at radius 2 is 2.00 bits per heavy atom. The van der Waals surface area contributed by atoms with Gasteiger partial charge in [0, 0.05) is 50.1 Å². The van der Waals surface area contributed by atoms with Gasteiger partial charge in [0.2, 0.25) is 0 Å². The van der Waals surface area contributed by atoms with Gasteiger partial charge < -0.3 is 19.5 Å². The number of aryl methyl sites for hydroxylation is 1. The van der Waals surface area contributed by atoms with E-state index in [4.69, 9.17) is 19.6 Å². The fourth-order valence-corrected chi connectivity index (χ4v) is 5.60. The van der Waals surface area contributed by atoms with Crippen LogP contribution in [0, 0.1) is 5.92 Å². The summed E-state index contributed by atoms with van der Waals surface area (Å²) >= 11 is 1.83. The van der Waals surface area contributed by atoms with Gasteiger partial charge in [0.1, 0.15) is 17.0 Å². The number of piperidine rings is 1. The van der Waals surface area contributed by atoms with Crippen LogP contribution in [0.4, 0.5) is 4.79 Å². The summed E-state index contributed by atoms with van der Waals surface area (Å²) in [4.78, 5) is 18.9. The van der Waals surface area contributed by atoms with Crippen molar-refractivity contribution in [2.24, 2.45) is 5.92 Å². The highest BCUT2D eigenvalue weighted by atomic mass is 32.2. The monoisotopic (exact) mass is 498 g/mol. The Labute approximate surface area is 213 Å². The molecule has 1 saturated heterocycles. The van der Waals surface area contributed by atoms with Crippen LogP contribution in [0.15, 0.2) is 36.5 Å². The molecule has 1 aromatic carbocycles. The van der Waals surface area contributed by atoms with E-state index in [1.54, 1.807) is 4.90 Å². The van der Waals surface area contributed by atoms with Crippen molar-refractivity contribution in [2.45, 2.75) is 70.3 Å². The van der Waals surface area contributed by atoms with Crippen LogP contribution in [0.1, 0.15) is 58.1 Å². The number of aliphatic hydroxyl groups is 1. The quantitative estimate of drug-likeness (QED) is 0.550. The van der Waals surface area contributed by atoms with Crippen LogP contribution >= 0.6 is 11.8 Å². The number of hydrogen-bond acceptors (Lipinski definition) is 6. The van der Waals surface area contributed by atoms with Gasteiger partial charge in [-0.3, -0.25) is 4.98 Å². The van der Waals surface area contributed by atoms with E-state index >= 15 is 0 Å². The van der Waals surface area contributed by atoms with Crippen LogP contribution < -0.4 is 4.74 Å². The van der Waals surface area contributed by atoms with E-state index < -0.39 is 5.60 Å². The third-order valence-corrected chi connectivity index (χ3v) is 8.01. The molecule has 7 heteroatoms. The van der Waals surface area contributed by atoms with Crippen LogP contribution in [0.3, 0.4) is 0 Å². The van der Waals surface area contributed by atoms with Crippen molar-refractivity contribution in [2.75, 3.05) is 25.4 Å². The first-order chi connectivity index (χ1) is 16.7. The molecule has 2 aliphatic heterocycles. The summed E-state index contributed by atoms with van der Waals surface area (Å²) in [5.74, 6) is 3.13. The van der Waals surface area contributed by atoms with E-state index in [2.05, 4.69) is 37.3 Å². The first-order valence-electron chi connectivity index (χ1n) is 12.6. The highest BCUT2D eigenvalue weighted by molar-refractivity contribution is 7.98. The number of amides is 1. The molecule has 0 bridgehead atoms. The van der Waals surface area contributed by atoms with Crippen molar-refractivity contribution >= 4 is 17.9 Å². The molecule has 2 aromatic rings. The Bertz CT molecular complexity index is 1010. The SMILES string of the molecule is C[C@@H](CO)CSCc1ccc(-c2ccc3c(c2)CCC2(CCN(C(=O)OC(C)(C)C)CC2)O3)nc1. The number of fused-ring (bicyclic) bond motifs is 1. The van der Waals surface area contributed by atoms with Crippen molar-refractivity contribution in [1.82, 2.24) is 9.88 Å². The molecule has 0 unspecified atom stereocenters. The molecule has 3 heterocycles. The maximum atomic E-state index is 12.4. The second kappa shape index (κ2) is 10.8. The normalized spacial score (nSPS) is 18.0. The molecule has 1 aromatic heterocycles. The Morgan fingerprint density at radius 3 is 2.66 bits per heavy atom. The number of pyridine rings is 1. The maximum Gasteiger partial charge on any atom is 0.410 e. The molecule has 1 atom stereocenters. The molecular weight excluding hydrogens is 460 g/mol. The maximum absolute atomic E-state index is 12.4. The number of hydrogen-bond donors (Lipinski definition) is 1. The van der Waals surface area contributed by atoms with Crippen LogP contribution in [-0.4, -0.2) is 57.7 Å². The van der Waals surface area contributed by atoms with E-state index in [0.29, 0.717) is 19.0 Å². The second-order valence-corrected chi connectivity index (χ2v) is 12.0. The lowest BCUT2D eigenvalue weighted by Crippen LogP contribution is -2.52. The number of carbonyl (C=O) groups excluding carboxylic acids is 1. The lowest BCUT2D eigenvalue weighted by atomic mass is 9.83. The predicted molar refractivity (Wildman–Crippen MR) is 141 cm³/mol. The molecule has 1 fully saturated rings. The summed E-state index contributed by atoms with van der Waals surface area (Å²) in [5.41, 5.74) is 3.83. The van der Waals surface area contributed by atoms with Crippen LogP contribution in [0.2, 0.25) is 0 Å². The number of aliphatic hydroxyl groups excluding tert-OH is 1. The van der Waals surface area contributed by atoms with E-state index in [1.165, 1.54) is 11.1 Å². The average molecular weight is 499 g/mol. The van der Waals surface area contributed by atoms with Gasteiger partial charge in [-0.1, -0.05) is 13.0 Å². The average Bonchev–Trinajstić information content (AvgIpc) is 2.83. The van der Waals surface area contributed by atoms with Gasteiger partial charge in [0.25, 0.3) is 0 Å². The van der Waals surface area contributed by atoms with E-state index in [0.717, 1.165) is 54.2 Å². The van der Waals surface area contributed by atoms with Gasteiger partial charge in [0.15, 0.2) is 0 Å². The van der Waals surface area contributed by atoms with Crippen molar-refractivity contribution in [3.63, 3.8) is 0 Å². The molecule has 2 aliphatic rings. The molecule has 1 N–H and O–H groups in total. The number of carbonyl (C=O) groups is 1. The summed E-state index contributed by atoms with van der Waals surface area (Å²) in [6, 6.07) is 10.6. The highest BCUT2D eigenvalue weighted by Crippen LogP contribution is 2.40. The number of nitrogens with zero attached hydrogens (tertiary/aromatic N) is 2. The van der Waals surface area contributed by atoms with Crippen molar-refractivity contribution in [3.05, 3.63) is 47.7 Å². The molecule has 0 saturated carbocycles. The third-order valence-electron chi connectivity index (χ3n) is 6.67. The number of rotatable bonds is 6. The third kappa shape index (κ3) is 6.70. The molecule has 6 nitrogen and oxygen atoms in total. The second-order valence-electron chi connectivity index (χ2n) is 10.9. The fraction of sp³-hybridized carbons (Fsp3) is 0.571. The zero-order valence-electron chi connectivity index (χ0n) is 21.4. The Hall–Kier alpha value is -2.25. The predicted octanol–water partition coefficient (Wildman–Crippen LogP) is 5.70. The minimum Gasteiger partial charge on any atom is -0.487 e. The van der Waals surface area contributed by atoms with Crippen LogP contribution in [0.5, 0.6) is 5.75 Å². The molecule has 0 radical (unpaired) electrons. The molecule has 35 heavy (non-hydrogen) atoms. The molecule has 4 rings (SSSR count). The molecule has 190 valence electrons. The van der Waals surface area contributed by atoms with E-state index in [1.807, 2.05) is 38.7 Å². The fourth-order valence-electron chi connectivity index (χ4n) is 4.57. The van der Waals surface area contributed by atoms with Crippen molar-refractivity contribution in [1.29, 1.82) is 0 Å². The van der Waals surface area contributed by atoms with Gasteiger partial charge in [0.05, 0.1) is 5.69 Å². The first-order valence-corrected chi connectivity index (χ1v) is 13.8. The first kappa shape index (κ1) is 25.8. The Morgan fingerprint density at radius 1 is 1.23 bits per heavy atom. The summed E-state index contributed by atoms with van der Waals surface area (Å²) < 4.78 is 12.1. The van der Waals surface area contributed by atoms with E-state index in [9.17, 15) is 4.79 Å². The molecular formula is C28H38N2O4S. The van der Waals surface area contributed by atoms with Crippen molar-refractivity contribution < 1.29 is 19.4 Å². The molecule has 1 spiro atoms. The van der Waals surface area contributed by atoms with Gasteiger partial charge in [-0.15, -0.1) is 0 Å². The summed E-state index contributed by atoms with van der Waals surface area (Å²) in [6.45, 7) is 9.31. The molecule has 1 amide bonds. The number of aromatic nitrogens is 1. The Balaban J connectivity index is 1.35. The summed E-state index contributed by atoms with van der Waals surface area (Å²) in [6.07, 6.45) is 5.30. The Kier molecular flexibility index (Phi) is 7.96. The van der Waals surface area contributed by atoms with Gasteiger partial charge in [-0.25, -0.2) is 4.79 Å². The smallest absolute Gasteiger partial charge is 0.410 e. The highest BCUT2D eigenvalue weighted by Gasteiger charge is 2.41. The zero-order valence-corrected chi connectivity index (χ0v) is 22.2. The lowest BCUT2D eigenvalue weighted by molar-refractivity contribution is -0.0272. The number of likely N-dealkylation sites (tertiary alicyclic amines) is 1. The summed E-state index contributed by atoms with van der Waals surface area (Å²) in [5, 5.41) is 9.16. The van der Waals surface area contributed by atoms with Crippen molar-refractivity contribution in [3.8, 4) is 17.0 Å². The summed E-state index contributed by atoms with van der Waals surface area (Å²) in [7, 11) is 0. The van der Waals surface area contributed by atoms with Crippen LogP contribution in [-0.2, 0) is 16.9 Å². The van der Waals surface area contributed by atoms with Gasteiger partial charge in [-0.2, -0.15) is 11.8 Å². The largest absolute Gasteiger partial charge is 0.487 e. The van der Waals surface area contributed by atoms with Crippen LogP contribution in [0.25, 0.3) is 11.3 Å². The number of thioether (sulfide) groups is 1. The topological polar surface area (TPSA) is 71.9 Å². The van der Waals surface area contributed by atoms with E-state index in [-0.39, 0.29) is 18.3 Å². The van der Waals surface area contributed by atoms with Gasteiger partial charge >= 0.3 is 6.09 Å². The lowest BCUT2D eigenvalue weighted by Gasteiger charge is -2.44. The van der Waals surface area contributed by atoms with Gasteiger partial charge in [-0.05, 0) is 80.7 Å². The minimum atomic E-state index is -0.475.